The van der Waals surface area contributed by atoms with Gasteiger partial charge in [0.25, 0.3) is 0 Å². The molecule has 0 radical (unpaired) electrons. The van der Waals surface area contributed by atoms with Gasteiger partial charge in [0, 0.05) is 25.2 Å². The van der Waals surface area contributed by atoms with E-state index in [4.69, 9.17) is 0 Å². The Hall–Kier alpha value is -0.0800. The van der Waals surface area contributed by atoms with E-state index < -0.39 is 0 Å². The maximum atomic E-state index is 3.84. The van der Waals surface area contributed by atoms with Gasteiger partial charge in [-0.15, -0.1) is 0 Å². The third kappa shape index (κ3) is 3.27. The largest absolute Gasteiger partial charge is 0.311 e. The summed E-state index contributed by atoms with van der Waals surface area (Å²) < 4.78 is 0. The third-order valence-corrected chi connectivity index (χ3v) is 5.15. The summed E-state index contributed by atoms with van der Waals surface area (Å²) in [7, 11) is 0. The predicted molar refractivity (Wildman–Crippen MR) is 76.7 cm³/mol. The van der Waals surface area contributed by atoms with Crippen molar-refractivity contribution in [1.29, 1.82) is 0 Å². The van der Waals surface area contributed by atoms with E-state index >= 15 is 0 Å². The Morgan fingerprint density at radius 2 is 1.78 bits per heavy atom. The Morgan fingerprint density at radius 3 is 2.44 bits per heavy atom. The summed E-state index contributed by atoms with van der Waals surface area (Å²) in [5.74, 6) is 2.05. The molecule has 0 bridgehead atoms. The molecule has 2 aliphatic carbocycles. The third-order valence-electron chi connectivity index (χ3n) is 5.15. The minimum Gasteiger partial charge on any atom is -0.311 e. The van der Waals surface area contributed by atoms with Crippen molar-refractivity contribution in [2.75, 3.05) is 19.6 Å². The standard InChI is InChI=1S/C16H30N2/c1-2-3-4-5-10-18-12-15(13-6-7-13)17-11-16(18)14-8-9-14/h13-17H,2-12H2,1H3. The highest BCUT2D eigenvalue weighted by Crippen LogP contribution is 2.39. The van der Waals surface area contributed by atoms with Gasteiger partial charge in [-0.3, -0.25) is 4.90 Å². The van der Waals surface area contributed by atoms with E-state index in [1.807, 2.05) is 0 Å². The molecular weight excluding hydrogens is 220 g/mol. The van der Waals surface area contributed by atoms with E-state index in [1.54, 1.807) is 0 Å². The van der Waals surface area contributed by atoms with Gasteiger partial charge in [0.15, 0.2) is 0 Å². The fourth-order valence-corrected chi connectivity index (χ4v) is 3.61. The highest BCUT2D eigenvalue weighted by molar-refractivity contribution is 4.98. The number of nitrogens with one attached hydrogen (secondary N) is 1. The van der Waals surface area contributed by atoms with Crippen LogP contribution in [0.15, 0.2) is 0 Å². The van der Waals surface area contributed by atoms with Crippen molar-refractivity contribution in [2.45, 2.75) is 70.4 Å². The highest BCUT2D eigenvalue weighted by Gasteiger charge is 2.42. The summed E-state index contributed by atoms with van der Waals surface area (Å²) in [6.07, 6.45) is 11.6. The van der Waals surface area contributed by atoms with Crippen LogP contribution in [0.1, 0.15) is 58.3 Å². The van der Waals surface area contributed by atoms with Crippen LogP contribution in [-0.2, 0) is 0 Å². The van der Waals surface area contributed by atoms with Crippen LogP contribution in [0.3, 0.4) is 0 Å². The normalized spacial score (nSPS) is 33.8. The number of hydrogen-bond donors (Lipinski definition) is 1. The van der Waals surface area contributed by atoms with Crippen LogP contribution < -0.4 is 5.32 Å². The molecule has 0 aromatic rings. The van der Waals surface area contributed by atoms with Gasteiger partial charge < -0.3 is 5.32 Å². The number of piperazine rings is 1. The summed E-state index contributed by atoms with van der Waals surface area (Å²) in [4.78, 5) is 2.85. The van der Waals surface area contributed by atoms with E-state index in [2.05, 4.69) is 17.1 Å². The van der Waals surface area contributed by atoms with Gasteiger partial charge >= 0.3 is 0 Å². The molecule has 2 unspecified atom stereocenters. The number of hydrogen-bond acceptors (Lipinski definition) is 2. The lowest BCUT2D eigenvalue weighted by molar-refractivity contribution is 0.106. The lowest BCUT2D eigenvalue weighted by Crippen LogP contribution is -2.58. The van der Waals surface area contributed by atoms with Gasteiger partial charge in [0.2, 0.25) is 0 Å². The Morgan fingerprint density at radius 1 is 1.00 bits per heavy atom. The molecule has 1 saturated heterocycles. The molecule has 3 aliphatic rings. The van der Waals surface area contributed by atoms with Gasteiger partial charge in [0.05, 0.1) is 0 Å². The summed E-state index contributed by atoms with van der Waals surface area (Å²) in [6.45, 7) is 6.30. The second-order valence-electron chi connectivity index (χ2n) is 6.81. The molecule has 1 aliphatic heterocycles. The zero-order chi connectivity index (χ0) is 12.4. The van der Waals surface area contributed by atoms with Crippen molar-refractivity contribution in [2.24, 2.45) is 11.8 Å². The minimum atomic E-state index is 0.825. The van der Waals surface area contributed by atoms with Gasteiger partial charge in [-0.05, 0) is 50.5 Å². The quantitative estimate of drug-likeness (QED) is 0.699. The summed E-state index contributed by atoms with van der Waals surface area (Å²) >= 11 is 0. The van der Waals surface area contributed by atoms with Gasteiger partial charge in [-0.2, -0.15) is 0 Å². The first-order chi connectivity index (χ1) is 8.88. The zero-order valence-electron chi connectivity index (χ0n) is 12.0. The molecule has 104 valence electrons. The minimum absolute atomic E-state index is 0.825. The van der Waals surface area contributed by atoms with E-state index in [9.17, 15) is 0 Å². The summed E-state index contributed by atoms with van der Waals surface area (Å²) in [5.41, 5.74) is 0. The van der Waals surface area contributed by atoms with E-state index in [0.29, 0.717) is 0 Å². The molecular formula is C16H30N2. The van der Waals surface area contributed by atoms with Crippen LogP contribution in [0, 0.1) is 11.8 Å². The van der Waals surface area contributed by atoms with Crippen LogP contribution in [0.4, 0.5) is 0 Å². The van der Waals surface area contributed by atoms with Crippen LogP contribution in [0.25, 0.3) is 0 Å². The zero-order valence-corrected chi connectivity index (χ0v) is 12.0. The van der Waals surface area contributed by atoms with E-state index in [1.165, 1.54) is 71.0 Å². The maximum absolute atomic E-state index is 3.84. The average Bonchev–Trinajstić information content (AvgIpc) is 3.28. The lowest BCUT2D eigenvalue weighted by Gasteiger charge is -2.41. The fraction of sp³-hybridized carbons (Fsp3) is 1.00. The topological polar surface area (TPSA) is 15.3 Å². The summed E-state index contributed by atoms with van der Waals surface area (Å²) in [5, 5.41) is 3.84. The van der Waals surface area contributed by atoms with Crippen molar-refractivity contribution in [1.82, 2.24) is 10.2 Å². The number of rotatable bonds is 7. The molecule has 3 rings (SSSR count). The number of unbranched alkanes of at least 4 members (excludes halogenated alkanes) is 3. The SMILES string of the molecule is CCCCCCN1CC(C2CC2)NCC1C1CC1. The first-order valence-electron chi connectivity index (χ1n) is 8.36. The molecule has 0 spiro atoms. The second-order valence-corrected chi connectivity index (χ2v) is 6.81. The molecule has 0 aromatic carbocycles. The first-order valence-corrected chi connectivity index (χ1v) is 8.36. The smallest absolute Gasteiger partial charge is 0.0249 e. The van der Waals surface area contributed by atoms with Crippen molar-refractivity contribution in [3.63, 3.8) is 0 Å². The molecule has 3 fully saturated rings. The van der Waals surface area contributed by atoms with Crippen molar-refractivity contribution < 1.29 is 0 Å². The molecule has 2 atom stereocenters. The predicted octanol–water partition coefficient (Wildman–Crippen LogP) is 3.03. The van der Waals surface area contributed by atoms with Gasteiger partial charge in [0.1, 0.15) is 0 Å². The Labute approximate surface area is 113 Å². The van der Waals surface area contributed by atoms with Crippen LogP contribution in [-0.4, -0.2) is 36.6 Å². The van der Waals surface area contributed by atoms with Crippen LogP contribution in [0.5, 0.6) is 0 Å². The lowest BCUT2D eigenvalue weighted by atomic mass is 10.0. The Kier molecular flexibility index (Phi) is 4.25. The second kappa shape index (κ2) is 5.92. The molecule has 2 nitrogen and oxygen atoms in total. The molecule has 1 N–H and O–H groups in total. The maximum Gasteiger partial charge on any atom is 0.0249 e. The van der Waals surface area contributed by atoms with Crippen molar-refractivity contribution in [3.8, 4) is 0 Å². The van der Waals surface area contributed by atoms with Crippen LogP contribution >= 0.6 is 0 Å². The molecule has 18 heavy (non-hydrogen) atoms. The monoisotopic (exact) mass is 250 g/mol. The average molecular weight is 250 g/mol. The Bertz CT molecular complexity index is 258. The molecule has 0 aromatic heterocycles. The molecule has 2 saturated carbocycles. The van der Waals surface area contributed by atoms with Crippen molar-refractivity contribution >= 4 is 0 Å². The summed E-state index contributed by atoms with van der Waals surface area (Å²) in [6, 6.07) is 1.70. The fourth-order valence-electron chi connectivity index (χ4n) is 3.61. The van der Waals surface area contributed by atoms with E-state index in [0.717, 1.165) is 23.9 Å². The number of nitrogens with zero attached hydrogens (tertiary/aromatic N) is 1. The van der Waals surface area contributed by atoms with Gasteiger partial charge in [-0.1, -0.05) is 26.2 Å². The first kappa shape index (κ1) is 12.9. The van der Waals surface area contributed by atoms with Crippen molar-refractivity contribution in [3.05, 3.63) is 0 Å². The molecule has 2 heteroatoms. The van der Waals surface area contributed by atoms with Crippen LogP contribution in [0.2, 0.25) is 0 Å². The van der Waals surface area contributed by atoms with Gasteiger partial charge in [-0.25, -0.2) is 0 Å². The molecule has 1 heterocycles. The Balaban J connectivity index is 1.48. The van der Waals surface area contributed by atoms with E-state index in [-0.39, 0.29) is 0 Å². The highest BCUT2D eigenvalue weighted by atomic mass is 15.2. The molecule has 0 amide bonds.